The van der Waals surface area contributed by atoms with Crippen molar-refractivity contribution < 1.29 is 153 Å². The zero-order valence-electron chi connectivity index (χ0n) is 80.7. The minimum atomic E-state index is -1.29. The molecule has 0 atom stereocenters. The van der Waals surface area contributed by atoms with Crippen molar-refractivity contribution in [3.63, 3.8) is 0 Å². The average molecular weight is 1890 g/mol. The highest BCUT2D eigenvalue weighted by molar-refractivity contribution is 5.86. The highest BCUT2D eigenvalue weighted by Gasteiger charge is 2.02. The molecule has 0 heterocycles. The molecule has 0 aliphatic rings. The molecule has 32 heteroatoms. The Morgan fingerprint density at radius 3 is 0.955 bits per heavy atom. The van der Waals surface area contributed by atoms with Crippen LogP contribution in [-0.2, 0) is 119 Å². The van der Waals surface area contributed by atoms with Crippen LogP contribution in [0.25, 0.3) is 11.1 Å². The van der Waals surface area contributed by atoms with Gasteiger partial charge in [0.15, 0.2) is 0 Å². The maximum absolute atomic E-state index is 10.7. The molecule has 32 nitrogen and oxygen atoms in total. The van der Waals surface area contributed by atoms with Gasteiger partial charge < -0.3 is 143 Å². The number of hydrogen-bond donors (Lipinski definition) is 3. The van der Waals surface area contributed by atoms with E-state index in [1.807, 2.05) is 120 Å². The molecule has 0 aromatic heterocycles. The van der Waals surface area contributed by atoms with Gasteiger partial charge in [-0.2, -0.15) is 0 Å². The van der Waals surface area contributed by atoms with Gasteiger partial charge >= 0.3 is 12.1 Å². The number of rotatable bonds is 64. The highest BCUT2D eigenvalue weighted by atomic mass is 16.7. The van der Waals surface area contributed by atoms with Crippen molar-refractivity contribution in [3.8, 4) is 28.4 Å². The molecule has 0 fully saturated rings. The third kappa shape index (κ3) is 160. The van der Waals surface area contributed by atoms with Crippen LogP contribution in [0.4, 0.5) is 4.79 Å². The Hall–Kier alpha value is -13.1. The molecular weight excluding hydrogens is 1730 g/mol. The molecule has 0 amide bonds. The summed E-state index contributed by atoms with van der Waals surface area (Å²) in [7, 11) is 4.83. The molecule has 4 aromatic carbocycles. The van der Waals surface area contributed by atoms with Gasteiger partial charge in [-0.1, -0.05) is 184 Å². The summed E-state index contributed by atoms with van der Waals surface area (Å²) in [5, 5.41) is 24.0. The Bertz CT molecular complexity index is 3090. The lowest BCUT2D eigenvalue weighted by atomic mass is 10.1. The number of para-hydroxylation sites is 1. The van der Waals surface area contributed by atoms with Crippen LogP contribution in [0.15, 0.2) is 314 Å². The van der Waals surface area contributed by atoms with E-state index in [-0.39, 0.29) is 45.7 Å². The number of methoxy groups -OCH3 is 3. The molecule has 0 saturated carbocycles. The number of carboxylic acid groups (broad SMARTS) is 1. The number of aliphatic hydroxyl groups excluding tert-OH is 2. The minimum absolute atomic E-state index is 0.0430. The Balaban J connectivity index is -0.000000135. The first-order valence-electron chi connectivity index (χ1n) is 41.6. The summed E-state index contributed by atoms with van der Waals surface area (Å²) in [4.78, 5) is 39.7. The molecule has 0 aliphatic carbocycles. The maximum Gasteiger partial charge on any atom is 0.505 e. The van der Waals surface area contributed by atoms with Gasteiger partial charge in [0.1, 0.15) is 142 Å². The van der Waals surface area contributed by atoms with Gasteiger partial charge in [-0.15, -0.1) is 0 Å². The first kappa shape index (κ1) is 143. The standard InChI is InChI=1S/C16H16O2.C11H14O2.C10H12O2.C8H12O3.C8H14O3.2C6H12O2.C5H8O4.2C5H10O2.C5H8O2.C5H10O.2C4H8O2.C3H6O/c1-2-17-12-13-18-16-10-8-15(9-11-16)14-6-4-3-5-7-14;1-3-12-8-9-13-11-6-4-10(2)5-7-11;1-2-11-8-9-12-10-6-4-3-5-7-10;1-4-10-5-6-11-8(9)7(2)3;1-2-10-6-3-4-7-11-8-5-9;2*1-3-7-5-6-8-4-2;1-2-8-3-4-9-5(6)7;2*1-3-7-5-4-6-2;1-2-7-5-3-4-6;1-4-6-5(2)3;2*1-2-6-4-3-5;1-3-4-2/h2-11H,1,12-13H2;3-7H,1,8-9H2,2H3;2-7H,1,8-9H2;4H,1-2,5-6H2,3H3;2,5H,1,3-4,6-8H2;2*3H,1,4-6H2,2H3;2H,1,3-4H2,(H,6,7);2*3H,1,4-5H2,2H3;2,4H,1,3,5H2;4-5H,1H2,2-3H3;2*2,5H,1,3-4H2;3H,1H2,2H3. The molecule has 0 radical (unpaired) electrons. The first-order chi connectivity index (χ1) is 64.6. The lowest BCUT2D eigenvalue weighted by molar-refractivity contribution is -0.140. The molecular formula is C101H160O32. The molecule has 0 spiro atoms. The predicted octanol–water partition coefficient (Wildman–Crippen LogP) is 19.2. The number of ether oxygens (including phenoxy) is 25. The van der Waals surface area contributed by atoms with Gasteiger partial charge in [-0.05, 0) is 102 Å². The van der Waals surface area contributed by atoms with E-state index in [1.165, 1.54) is 111 Å². The number of aryl methyl sites for hydroxylation is 1. The zero-order valence-corrected chi connectivity index (χ0v) is 80.7. The van der Waals surface area contributed by atoms with Crippen molar-refractivity contribution in [1.82, 2.24) is 0 Å². The molecule has 756 valence electrons. The SMILES string of the molecule is C=COC.C=COC(C)C.C=COCCC=O.C=COCCCCOCC=O.C=COCCO.C=COCCO.C=COCCOC.C=COCCOC.C=COCCOC(=O)C(=C)C.C=COCCOC(=O)O.C=COCCOCC.C=COCCOCC.C=COCCOc1ccc(-c2ccccc2)cc1.C=COCCOc1ccc(C)cc1.C=COCCOc1ccccc1. The lowest BCUT2D eigenvalue weighted by Crippen LogP contribution is -2.09. The van der Waals surface area contributed by atoms with Crippen LogP contribution in [-0.4, -0.2) is 252 Å². The maximum atomic E-state index is 10.7. The lowest BCUT2D eigenvalue weighted by Gasteiger charge is -2.07. The second-order valence-corrected chi connectivity index (χ2v) is 22.6. The number of esters is 1. The van der Waals surface area contributed by atoms with E-state index in [2.05, 4.69) is 167 Å². The van der Waals surface area contributed by atoms with Gasteiger partial charge in [0.25, 0.3) is 0 Å². The molecule has 0 unspecified atom stereocenters. The second-order valence-electron chi connectivity index (χ2n) is 22.6. The van der Waals surface area contributed by atoms with Crippen molar-refractivity contribution in [2.75, 3.05) is 206 Å². The molecule has 3 N–H and O–H groups in total. The van der Waals surface area contributed by atoms with Gasteiger partial charge in [0.05, 0.1) is 160 Å². The smallest absolute Gasteiger partial charge is 0.505 e. The Kier molecular flexibility index (Phi) is 153. The fourth-order valence-corrected chi connectivity index (χ4v) is 6.42. The van der Waals surface area contributed by atoms with E-state index < -0.39 is 12.1 Å². The van der Waals surface area contributed by atoms with E-state index >= 15 is 0 Å². The number of aldehydes is 2. The van der Waals surface area contributed by atoms with Crippen LogP contribution in [0.3, 0.4) is 0 Å². The Morgan fingerprint density at radius 1 is 0.346 bits per heavy atom. The number of unbranched alkanes of at least 4 members (excludes halogenated alkanes) is 1. The summed E-state index contributed by atoms with van der Waals surface area (Å²) >= 11 is 0. The molecule has 4 aromatic rings. The Morgan fingerprint density at radius 2 is 0.654 bits per heavy atom. The van der Waals surface area contributed by atoms with Crippen LogP contribution in [0.1, 0.15) is 59.4 Å². The summed E-state index contributed by atoms with van der Waals surface area (Å²) in [6.45, 7) is 78.5. The summed E-state index contributed by atoms with van der Waals surface area (Å²) in [5.74, 6) is 2.20. The third-order valence-corrected chi connectivity index (χ3v) is 12.1. The van der Waals surface area contributed by atoms with Crippen molar-refractivity contribution in [1.29, 1.82) is 0 Å². The van der Waals surface area contributed by atoms with Crippen LogP contribution in [0.5, 0.6) is 17.2 Å². The van der Waals surface area contributed by atoms with E-state index in [0.29, 0.717) is 144 Å². The van der Waals surface area contributed by atoms with Crippen molar-refractivity contribution >= 4 is 24.7 Å². The van der Waals surface area contributed by atoms with Crippen molar-refractivity contribution in [2.45, 2.75) is 66.9 Å². The average Bonchev–Trinajstić information content (AvgIpc) is 0.866. The highest BCUT2D eigenvalue weighted by Crippen LogP contribution is 2.22. The number of carbonyl (C=O) groups excluding carboxylic acids is 3. The van der Waals surface area contributed by atoms with E-state index in [0.717, 1.165) is 55.9 Å². The fourth-order valence-electron chi connectivity index (χ4n) is 6.42. The van der Waals surface area contributed by atoms with Gasteiger partial charge in [-0.3, -0.25) is 0 Å². The van der Waals surface area contributed by atoms with E-state index in [4.69, 9.17) is 95.8 Å². The summed E-state index contributed by atoms with van der Waals surface area (Å²) in [6.07, 6.45) is 23.4. The molecule has 0 aliphatic heterocycles. The third-order valence-electron chi connectivity index (χ3n) is 12.1. The topological polar surface area (TPSA) is 360 Å². The number of hydrogen-bond acceptors (Lipinski definition) is 31. The summed E-state index contributed by atoms with van der Waals surface area (Å²) < 4.78 is 120. The molecule has 0 saturated heterocycles. The molecule has 0 bridgehead atoms. The second kappa shape index (κ2) is 142. The van der Waals surface area contributed by atoms with E-state index in [9.17, 15) is 19.2 Å². The van der Waals surface area contributed by atoms with Gasteiger partial charge in [0, 0.05) is 46.0 Å². The van der Waals surface area contributed by atoms with Crippen LogP contribution < -0.4 is 14.2 Å². The Labute approximate surface area is 795 Å². The van der Waals surface area contributed by atoms with E-state index in [1.54, 1.807) is 28.3 Å². The number of aliphatic hydroxyl groups is 2. The largest absolute Gasteiger partial charge is 0.505 e. The van der Waals surface area contributed by atoms with Crippen LogP contribution in [0.2, 0.25) is 0 Å². The zero-order chi connectivity index (χ0) is 102. The van der Waals surface area contributed by atoms with Crippen LogP contribution in [0, 0.1) is 6.92 Å². The molecule has 133 heavy (non-hydrogen) atoms. The molecule has 4 rings (SSSR count). The van der Waals surface area contributed by atoms with Gasteiger partial charge in [0.2, 0.25) is 0 Å². The number of benzene rings is 4. The van der Waals surface area contributed by atoms with Gasteiger partial charge in [-0.25, -0.2) is 9.59 Å². The normalized spacial score (nSPS) is 8.54. The summed E-state index contributed by atoms with van der Waals surface area (Å²) in [5.41, 5.74) is 4.02. The van der Waals surface area contributed by atoms with Crippen molar-refractivity contribution in [2.24, 2.45) is 0 Å². The first-order valence-corrected chi connectivity index (χ1v) is 41.6. The summed E-state index contributed by atoms with van der Waals surface area (Å²) in [6, 6.07) is 35.9. The van der Waals surface area contributed by atoms with Crippen LogP contribution >= 0.6 is 0 Å². The monoisotopic (exact) mass is 1890 g/mol. The minimum Gasteiger partial charge on any atom is -0.505 e. The number of carbonyl (C=O) groups is 4. The van der Waals surface area contributed by atoms with Crippen molar-refractivity contribution in [3.05, 3.63) is 320 Å². The quantitative estimate of drug-likeness (QED) is 0.0121. The fraction of sp³-hybridized carbons (Fsp3) is 0.406. The predicted molar refractivity (Wildman–Crippen MR) is 527 cm³/mol.